The van der Waals surface area contributed by atoms with Crippen LogP contribution in [0.4, 0.5) is 5.82 Å². The van der Waals surface area contributed by atoms with E-state index in [1.54, 1.807) is 7.11 Å². The first-order valence-electron chi connectivity index (χ1n) is 7.69. The largest absolute Gasteiger partial charge is 0.370 e. The zero-order chi connectivity index (χ0) is 14.0. The van der Waals surface area contributed by atoms with Crippen LogP contribution in [0.2, 0.25) is 0 Å². The summed E-state index contributed by atoms with van der Waals surface area (Å²) in [6.45, 7) is 0. The summed E-state index contributed by atoms with van der Waals surface area (Å²) in [5, 5.41) is 0. The Bertz CT molecular complexity index is 465. The number of rotatable bonds is 4. The number of nitrogens with two attached hydrogens (primary N) is 1. The smallest absolute Gasteiger partial charge is 0.162 e. The van der Waals surface area contributed by atoms with Crippen molar-refractivity contribution in [2.24, 2.45) is 5.84 Å². The van der Waals surface area contributed by atoms with Gasteiger partial charge in [0.25, 0.3) is 0 Å². The predicted molar refractivity (Wildman–Crippen MR) is 78.2 cm³/mol. The Labute approximate surface area is 120 Å². The van der Waals surface area contributed by atoms with E-state index in [1.807, 2.05) is 6.07 Å². The maximum absolute atomic E-state index is 5.81. The van der Waals surface area contributed by atoms with Crippen molar-refractivity contribution in [3.8, 4) is 0 Å². The van der Waals surface area contributed by atoms with Crippen molar-refractivity contribution in [2.75, 3.05) is 12.5 Å². The van der Waals surface area contributed by atoms with Gasteiger partial charge in [0.15, 0.2) is 5.82 Å². The summed E-state index contributed by atoms with van der Waals surface area (Å²) < 4.78 is 5.81. The van der Waals surface area contributed by atoms with Crippen molar-refractivity contribution in [1.82, 2.24) is 9.97 Å². The monoisotopic (exact) mass is 276 g/mol. The SMILES string of the molecule is COC1(c2nc(NN)cc(C3CCCC3)n2)CCCC1. The number of hydrogen-bond acceptors (Lipinski definition) is 5. The number of methoxy groups -OCH3 is 1. The minimum atomic E-state index is -0.305. The maximum Gasteiger partial charge on any atom is 0.162 e. The van der Waals surface area contributed by atoms with E-state index in [9.17, 15) is 0 Å². The first-order chi connectivity index (χ1) is 9.77. The highest BCUT2D eigenvalue weighted by atomic mass is 16.5. The minimum absolute atomic E-state index is 0.305. The molecule has 20 heavy (non-hydrogen) atoms. The van der Waals surface area contributed by atoms with E-state index in [-0.39, 0.29) is 5.60 Å². The van der Waals surface area contributed by atoms with Gasteiger partial charge in [0.1, 0.15) is 11.4 Å². The zero-order valence-electron chi connectivity index (χ0n) is 12.2. The van der Waals surface area contributed by atoms with Crippen molar-refractivity contribution in [3.63, 3.8) is 0 Å². The predicted octanol–water partition coefficient (Wildman–Crippen LogP) is 2.84. The average Bonchev–Trinajstić information content (AvgIpc) is 3.18. The number of nitrogen functional groups attached to an aromatic ring is 1. The van der Waals surface area contributed by atoms with Gasteiger partial charge in [-0.25, -0.2) is 15.8 Å². The Morgan fingerprint density at radius 2 is 1.90 bits per heavy atom. The van der Waals surface area contributed by atoms with E-state index in [0.29, 0.717) is 11.7 Å². The van der Waals surface area contributed by atoms with Crippen LogP contribution in [0.3, 0.4) is 0 Å². The Hall–Kier alpha value is -1.20. The molecule has 0 spiro atoms. The second-order valence-electron chi connectivity index (χ2n) is 6.03. The van der Waals surface area contributed by atoms with Gasteiger partial charge in [-0.05, 0) is 38.5 Å². The van der Waals surface area contributed by atoms with E-state index >= 15 is 0 Å². The molecule has 0 aromatic carbocycles. The second kappa shape index (κ2) is 5.66. The molecule has 2 saturated carbocycles. The third-order valence-corrected chi connectivity index (χ3v) is 4.88. The van der Waals surface area contributed by atoms with Crippen LogP contribution in [0, 0.1) is 0 Å². The average molecular weight is 276 g/mol. The molecule has 2 aliphatic carbocycles. The summed E-state index contributed by atoms with van der Waals surface area (Å²) in [5.41, 5.74) is 3.51. The van der Waals surface area contributed by atoms with Crippen LogP contribution < -0.4 is 11.3 Å². The van der Waals surface area contributed by atoms with Gasteiger partial charge in [-0.3, -0.25) is 0 Å². The number of anilines is 1. The van der Waals surface area contributed by atoms with Crippen LogP contribution >= 0.6 is 0 Å². The molecule has 3 rings (SSSR count). The van der Waals surface area contributed by atoms with E-state index in [1.165, 1.54) is 38.5 Å². The van der Waals surface area contributed by atoms with Gasteiger partial charge in [0, 0.05) is 24.8 Å². The van der Waals surface area contributed by atoms with Crippen molar-refractivity contribution in [2.45, 2.75) is 62.9 Å². The van der Waals surface area contributed by atoms with Gasteiger partial charge in [0.2, 0.25) is 0 Å². The fraction of sp³-hybridized carbons (Fsp3) is 0.733. The summed E-state index contributed by atoms with van der Waals surface area (Å²) in [5.74, 6) is 7.67. The third-order valence-electron chi connectivity index (χ3n) is 4.88. The number of nitrogens with zero attached hydrogens (tertiary/aromatic N) is 2. The molecule has 0 atom stereocenters. The summed E-state index contributed by atoms with van der Waals surface area (Å²) in [7, 11) is 1.77. The van der Waals surface area contributed by atoms with Crippen LogP contribution in [-0.4, -0.2) is 17.1 Å². The summed E-state index contributed by atoms with van der Waals surface area (Å²) in [4.78, 5) is 9.43. The van der Waals surface area contributed by atoms with Gasteiger partial charge < -0.3 is 10.2 Å². The molecule has 1 aromatic heterocycles. The molecule has 2 fully saturated rings. The van der Waals surface area contributed by atoms with Crippen LogP contribution in [0.25, 0.3) is 0 Å². The van der Waals surface area contributed by atoms with Crippen LogP contribution in [-0.2, 0) is 10.3 Å². The lowest BCUT2D eigenvalue weighted by molar-refractivity contribution is -0.0164. The van der Waals surface area contributed by atoms with E-state index in [2.05, 4.69) is 10.4 Å². The molecule has 5 heteroatoms. The molecule has 5 nitrogen and oxygen atoms in total. The number of hydrazine groups is 1. The number of nitrogens with one attached hydrogen (secondary N) is 1. The van der Waals surface area contributed by atoms with Crippen molar-refractivity contribution >= 4 is 5.82 Å². The fourth-order valence-electron chi connectivity index (χ4n) is 3.64. The van der Waals surface area contributed by atoms with E-state index in [0.717, 1.165) is 24.4 Å². The molecule has 0 radical (unpaired) electrons. The number of hydrogen-bond donors (Lipinski definition) is 2. The lowest BCUT2D eigenvalue weighted by Gasteiger charge is -2.27. The Balaban J connectivity index is 1.99. The van der Waals surface area contributed by atoms with Gasteiger partial charge in [0.05, 0.1) is 0 Å². The molecular weight excluding hydrogens is 252 g/mol. The minimum Gasteiger partial charge on any atom is -0.370 e. The Kier molecular flexibility index (Phi) is 3.89. The molecule has 1 heterocycles. The highest BCUT2D eigenvalue weighted by molar-refractivity contribution is 5.37. The highest BCUT2D eigenvalue weighted by Crippen LogP contribution is 2.41. The first-order valence-corrected chi connectivity index (χ1v) is 7.69. The van der Waals surface area contributed by atoms with Crippen LogP contribution in [0.1, 0.15) is 68.8 Å². The van der Waals surface area contributed by atoms with E-state index in [4.69, 9.17) is 15.6 Å². The normalized spacial score (nSPS) is 22.3. The first kappa shape index (κ1) is 13.8. The summed E-state index contributed by atoms with van der Waals surface area (Å²) in [6.07, 6.45) is 9.40. The second-order valence-corrected chi connectivity index (χ2v) is 6.03. The molecule has 0 aliphatic heterocycles. The zero-order valence-corrected chi connectivity index (χ0v) is 12.2. The molecule has 3 N–H and O–H groups in total. The molecule has 1 aromatic rings. The number of aromatic nitrogens is 2. The highest BCUT2D eigenvalue weighted by Gasteiger charge is 2.39. The van der Waals surface area contributed by atoms with Crippen molar-refractivity contribution in [1.29, 1.82) is 0 Å². The van der Waals surface area contributed by atoms with Crippen molar-refractivity contribution in [3.05, 3.63) is 17.6 Å². The van der Waals surface area contributed by atoms with Gasteiger partial charge in [-0.1, -0.05) is 12.8 Å². The van der Waals surface area contributed by atoms with Gasteiger partial charge >= 0.3 is 0 Å². The van der Waals surface area contributed by atoms with Crippen LogP contribution in [0.5, 0.6) is 0 Å². The van der Waals surface area contributed by atoms with Gasteiger partial charge in [-0.2, -0.15) is 0 Å². The van der Waals surface area contributed by atoms with Gasteiger partial charge in [-0.15, -0.1) is 0 Å². The summed E-state index contributed by atoms with van der Waals surface area (Å²) >= 11 is 0. The molecular formula is C15H24N4O. The Morgan fingerprint density at radius 3 is 2.50 bits per heavy atom. The topological polar surface area (TPSA) is 73.1 Å². The fourth-order valence-corrected chi connectivity index (χ4v) is 3.64. The molecule has 2 aliphatic rings. The van der Waals surface area contributed by atoms with Crippen molar-refractivity contribution < 1.29 is 4.74 Å². The quantitative estimate of drug-likeness (QED) is 0.653. The molecule has 0 unspecified atom stereocenters. The molecule has 0 saturated heterocycles. The molecule has 0 amide bonds. The summed E-state index contributed by atoms with van der Waals surface area (Å²) in [6, 6.07) is 2.00. The third kappa shape index (κ3) is 2.40. The van der Waals surface area contributed by atoms with E-state index < -0.39 is 0 Å². The molecule has 0 bridgehead atoms. The number of ether oxygens (including phenoxy) is 1. The lowest BCUT2D eigenvalue weighted by atomic mass is 9.99. The Morgan fingerprint density at radius 1 is 1.20 bits per heavy atom. The van der Waals surface area contributed by atoms with Crippen LogP contribution in [0.15, 0.2) is 6.07 Å². The molecule has 110 valence electrons. The maximum atomic E-state index is 5.81. The standard InChI is InChI=1S/C15H24N4O/c1-20-15(8-4-5-9-15)14-17-12(10-13(18-14)19-16)11-6-2-3-7-11/h10-11H,2-9,16H2,1H3,(H,17,18,19). The lowest BCUT2D eigenvalue weighted by Crippen LogP contribution is -2.29.